The number of ether oxygens (including phenoxy) is 1. The smallest absolute Gasteiger partial charge is 0.223 e. The van der Waals surface area contributed by atoms with Gasteiger partial charge in [-0.25, -0.2) is 0 Å². The van der Waals surface area contributed by atoms with Crippen LogP contribution in [-0.4, -0.2) is 19.6 Å². The fourth-order valence-corrected chi connectivity index (χ4v) is 1.97. The third-order valence-corrected chi connectivity index (χ3v) is 2.80. The van der Waals surface area contributed by atoms with Crippen LogP contribution in [0.2, 0.25) is 0 Å². The highest BCUT2D eigenvalue weighted by molar-refractivity contribution is 5.92. The van der Waals surface area contributed by atoms with Crippen LogP contribution in [0.25, 0.3) is 0 Å². The molecular formula is C14H21NO2. The standard InChI is InChI=1S/C14H21NO2/c1-5-7-12-8-9-13(17-4)10-14(12)15(6-2)11(3)16/h8-10H,5-7H2,1-4H3. The van der Waals surface area contributed by atoms with Crippen LogP contribution in [0.4, 0.5) is 5.69 Å². The number of methoxy groups -OCH3 is 1. The van der Waals surface area contributed by atoms with Gasteiger partial charge in [0.2, 0.25) is 5.91 Å². The first-order valence-corrected chi connectivity index (χ1v) is 6.09. The first kappa shape index (κ1) is 13.6. The summed E-state index contributed by atoms with van der Waals surface area (Å²) in [5.74, 6) is 0.859. The maximum atomic E-state index is 11.6. The lowest BCUT2D eigenvalue weighted by atomic mass is 10.1. The number of carbonyl (C=O) groups excluding carboxylic acids is 1. The summed E-state index contributed by atoms with van der Waals surface area (Å²) in [6, 6.07) is 5.93. The molecule has 3 nitrogen and oxygen atoms in total. The summed E-state index contributed by atoms with van der Waals surface area (Å²) in [5.41, 5.74) is 2.17. The summed E-state index contributed by atoms with van der Waals surface area (Å²) in [7, 11) is 1.64. The van der Waals surface area contributed by atoms with E-state index in [2.05, 4.69) is 6.92 Å². The molecule has 0 atom stereocenters. The SMILES string of the molecule is CCCc1ccc(OC)cc1N(CC)C(C)=O. The number of hydrogen-bond donors (Lipinski definition) is 0. The molecule has 0 spiro atoms. The van der Waals surface area contributed by atoms with E-state index < -0.39 is 0 Å². The average molecular weight is 235 g/mol. The average Bonchev–Trinajstić information content (AvgIpc) is 2.31. The highest BCUT2D eigenvalue weighted by Crippen LogP contribution is 2.27. The van der Waals surface area contributed by atoms with E-state index in [0.29, 0.717) is 6.54 Å². The van der Waals surface area contributed by atoms with Gasteiger partial charge >= 0.3 is 0 Å². The van der Waals surface area contributed by atoms with E-state index in [1.807, 2.05) is 25.1 Å². The summed E-state index contributed by atoms with van der Waals surface area (Å²) >= 11 is 0. The van der Waals surface area contributed by atoms with Crippen LogP contribution in [0.3, 0.4) is 0 Å². The number of amides is 1. The van der Waals surface area contributed by atoms with Gasteiger partial charge in [-0.1, -0.05) is 19.4 Å². The topological polar surface area (TPSA) is 29.5 Å². The largest absolute Gasteiger partial charge is 0.497 e. The van der Waals surface area contributed by atoms with Gasteiger partial charge in [-0.05, 0) is 25.0 Å². The Balaban J connectivity index is 3.19. The van der Waals surface area contributed by atoms with Crippen molar-refractivity contribution in [3.63, 3.8) is 0 Å². The van der Waals surface area contributed by atoms with Gasteiger partial charge in [0.15, 0.2) is 0 Å². The Hall–Kier alpha value is -1.51. The second kappa shape index (κ2) is 6.28. The molecule has 94 valence electrons. The minimum atomic E-state index is 0.0677. The molecule has 0 aliphatic rings. The maximum absolute atomic E-state index is 11.6. The van der Waals surface area contributed by atoms with Crippen molar-refractivity contribution in [3.05, 3.63) is 23.8 Å². The van der Waals surface area contributed by atoms with Crippen molar-refractivity contribution in [2.45, 2.75) is 33.6 Å². The molecule has 1 rings (SSSR count). The van der Waals surface area contributed by atoms with Crippen LogP contribution in [0, 0.1) is 0 Å². The molecule has 1 amide bonds. The number of hydrogen-bond acceptors (Lipinski definition) is 2. The van der Waals surface area contributed by atoms with Gasteiger partial charge in [0, 0.05) is 19.5 Å². The van der Waals surface area contributed by atoms with E-state index in [0.717, 1.165) is 24.3 Å². The van der Waals surface area contributed by atoms with Crippen molar-refractivity contribution in [2.75, 3.05) is 18.6 Å². The summed E-state index contributed by atoms with van der Waals surface area (Å²) in [6.45, 7) is 6.40. The van der Waals surface area contributed by atoms with E-state index in [-0.39, 0.29) is 5.91 Å². The summed E-state index contributed by atoms with van der Waals surface area (Å²) < 4.78 is 5.22. The van der Waals surface area contributed by atoms with E-state index >= 15 is 0 Å². The van der Waals surface area contributed by atoms with Crippen LogP contribution in [-0.2, 0) is 11.2 Å². The lowest BCUT2D eigenvalue weighted by Crippen LogP contribution is -2.28. The Labute approximate surface area is 103 Å². The van der Waals surface area contributed by atoms with Gasteiger partial charge in [-0.15, -0.1) is 0 Å². The third kappa shape index (κ3) is 3.22. The fraction of sp³-hybridized carbons (Fsp3) is 0.500. The van der Waals surface area contributed by atoms with Crippen LogP contribution < -0.4 is 9.64 Å². The third-order valence-electron chi connectivity index (χ3n) is 2.80. The quantitative estimate of drug-likeness (QED) is 0.785. The molecule has 0 aliphatic heterocycles. The van der Waals surface area contributed by atoms with E-state index in [4.69, 9.17) is 4.74 Å². The molecule has 1 aromatic carbocycles. The number of nitrogens with zero attached hydrogens (tertiary/aromatic N) is 1. The minimum absolute atomic E-state index is 0.0677. The van der Waals surface area contributed by atoms with Crippen LogP contribution >= 0.6 is 0 Å². The molecule has 0 unspecified atom stereocenters. The molecule has 0 bridgehead atoms. The van der Waals surface area contributed by atoms with Crippen LogP contribution in [0.1, 0.15) is 32.8 Å². The summed E-state index contributed by atoms with van der Waals surface area (Å²) in [5, 5.41) is 0. The molecule has 3 heteroatoms. The number of rotatable bonds is 5. The van der Waals surface area contributed by atoms with Crippen molar-refractivity contribution >= 4 is 11.6 Å². The zero-order chi connectivity index (χ0) is 12.8. The molecular weight excluding hydrogens is 214 g/mol. The van der Waals surface area contributed by atoms with Crippen LogP contribution in [0.5, 0.6) is 5.75 Å². The first-order chi connectivity index (χ1) is 8.13. The normalized spacial score (nSPS) is 10.1. The highest BCUT2D eigenvalue weighted by Gasteiger charge is 2.14. The van der Waals surface area contributed by atoms with Gasteiger partial charge in [-0.3, -0.25) is 4.79 Å². The Morgan fingerprint density at radius 3 is 2.53 bits per heavy atom. The predicted octanol–water partition coefficient (Wildman–Crippen LogP) is 3.02. The van der Waals surface area contributed by atoms with Crippen molar-refractivity contribution in [1.29, 1.82) is 0 Å². The predicted molar refractivity (Wildman–Crippen MR) is 70.7 cm³/mol. The van der Waals surface area contributed by atoms with Crippen LogP contribution in [0.15, 0.2) is 18.2 Å². The molecule has 0 saturated carbocycles. The van der Waals surface area contributed by atoms with E-state index in [1.165, 1.54) is 5.56 Å². The van der Waals surface area contributed by atoms with Gasteiger partial charge in [0.1, 0.15) is 5.75 Å². The lowest BCUT2D eigenvalue weighted by molar-refractivity contribution is -0.116. The second-order valence-electron chi connectivity index (χ2n) is 4.01. The summed E-state index contributed by atoms with van der Waals surface area (Å²) in [6.07, 6.45) is 2.04. The zero-order valence-electron chi connectivity index (χ0n) is 11.1. The summed E-state index contributed by atoms with van der Waals surface area (Å²) in [4.78, 5) is 13.4. The maximum Gasteiger partial charge on any atom is 0.223 e. The minimum Gasteiger partial charge on any atom is -0.497 e. The second-order valence-corrected chi connectivity index (χ2v) is 4.01. The monoisotopic (exact) mass is 235 g/mol. The van der Waals surface area contributed by atoms with Gasteiger partial charge in [0.25, 0.3) is 0 Å². The Morgan fingerprint density at radius 2 is 2.06 bits per heavy atom. The van der Waals surface area contributed by atoms with Crippen molar-refractivity contribution in [3.8, 4) is 5.75 Å². The van der Waals surface area contributed by atoms with Crippen molar-refractivity contribution in [2.24, 2.45) is 0 Å². The Bertz CT molecular complexity index is 388. The number of anilines is 1. The Kier molecular flexibility index (Phi) is 5.01. The van der Waals surface area contributed by atoms with Crippen molar-refractivity contribution in [1.82, 2.24) is 0 Å². The Morgan fingerprint density at radius 1 is 1.35 bits per heavy atom. The molecule has 0 N–H and O–H groups in total. The molecule has 0 aromatic heterocycles. The molecule has 0 heterocycles. The highest BCUT2D eigenvalue weighted by atomic mass is 16.5. The van der Waals surface area contributed by atoms with E-state index in [1.54, 1.807) is 18.9 Å². The fourth-order valence-electron chi connectivity index (χ4n) is 1.97. The molecule has 0 radical (unpaired) electrons. The van der Waals surface area contributed by atoms with Gasteiger partial charge in [-0.2, -0.15) is 0 Å². The van der Waals surface area contributed by atoms with Gasteiger partial charge < -0.3 is 9.64 Å². The number of benzene rings is 1. The molecule has 0 saturated heterocycles. The zero-order valence-corrected chi connectivity index (χ0v) is 11.1. The van der Waals surface area contributed by atoms with Gasteiger partial charge in [0.05, 0.1) is 12.8 Å². The number of carbonyl (C=O) groups is 1. The van der Waals surface area contributed by atoms with Crippen molar-refractivity contribution < 1.29 is 9.53 Å². The first-order valence-electron chi connectivity index (χ1n) is 6.09. The molecule has 1 aromatic rings. The number of aryl methyl sites for hydroxylation is 1. The van der Waals surface area contributed by atoms with E-state index in [9.17, 15) is 4.79 Å². The lowest BCUT2D eigenvalue weighted by Gasteiger charge is -2.23. The molecule has 17 heavy (non-hydrogen) atoms. The molecule has 0 aliphatic carbocycles. The molecule has 0 fully saturated rings.